The Morgan fingerprint density at radius 3 is 2.78 bits per heavy atom. The summed E-state index contributed by atoms with van der Waals surface area (Å²) in [6, 6.07) is 9.79. The lowest BCUT2D eigenvalue weighted by atomic mass is 10.0. The molecule has 4 amide bonds. The quantitative estimate of drug-likeness (QED) is 0.607. The summed E-state index contributed by atoms with van der Waals surface area (Å²) in [4.78, 5) is 36.0. The van der Waals surface area contributed by atoms with Gasteiger partial charge in [0.1, 0.15) is 6.04 Å². The second kappa shape index (κ2) is 8.26. The van der Waals surface area contributed by atoms with Crippen molar-refractivity contribution in [3.05, 3.63) is 47.0 Å². The molecule has 3 rings (SSSR count). The molecule has 142 valence electrons. The molecule has 0 radical (unpaired) electrons. The first kappa shape index (κ1) is 19.0. The number of rotatable bonds is 6. The van der Waals surface area contributed by atoms with Crippen LogP contribution in [0.2, 0.25) is 5.02 Å². The van der Waals surface area contributed by atoms with Crippen LogP contribution in [0.1, 0.15) is 23.7 Å². The third kappa shape index (κ3) is 4.49. The maximum Gasteiger partial charge on any atom is 0.315 e. The fourth-order valence-corrected chi connectivity index (χ4v) is 3.21. The van der Waals surface area contributed by atoms with Gasteiger partial charge in [0.2, 0.25) is 5.91 Å². The number of hydrogen-bond acceptors (Lipinski definition) is 3. The van der Waals surface area contributed by atoms with Crippen molar-refractivity contribution in [2.75, 3.05) is 13.1 Å². The highest BCUT2D eigenvalue weighted by Gasteiger charge is 2.27. The van der Waals surface area contributed by atoms with Crippen molar-refractivity contribution in [2.45, 2.75) is 25.4 Å². The van der Waals surface area contributed by atoms with Crippen molar-refractivity contribution in [3.63, 3.8) is 0 Å². The van der Waals surface area contributed by atoms with Gasteiger partial charge in [0, 0.05) is 29.7 Å². The molecule has 0 aliphatic carbocycles. The van der Waals surface area contributed by atoms with E-state index in [0.717, 1.165) is 10.8 Å². The van der Waals surface area contributed by atoms with E-state index in [0.29, 0.717) is 17.0 Å². The topological polar surface area (TPSA) is 99.3 Å². The second-order valence-electron chi connectivity index (χ2n) is 6.41. The van der Waals surface area contributed by atoms with Crippen molar-refractivity contribution >= 4 is 40.2 Å². The Morgan fingerprint density at radius 1 is 1.30 bits per heavy atom. The largest absolute Gasteiger partial charge is 0.352 e. The molecule has 1 unspecified atom stereocenters. The SMILES string of the molecule is CCC(CNC(=O)[C@H]1CNC(=O)N1)NC(=O)c1cc(Cl)cc2ccccc12. The number of amides is 4. The molecule has 4 N–H and O–H groups in total. The maximum atomic E-state index is 12.8. The van der Waals surface area contributed by atoms with Crippen LogP contribution in [0.15, 0.2) is 36.4 Å². The van der Waals surface area contributed by atoms with E-state index in [2.05, 4.69) is 21.3 Å². The predicted molar refractivity (Wildman–Crippen MR) is 104 cm³/mol. The Labute approximate surface area is 161 Å². The number of urea groups is 1. The summed E-state index contributed by atoms with van der Waals surface area (Å²) in [7, 11) is 0. The fraction of sp³-hybridized carbons (Fsp3) is 0.316. The smallest absolute Gasteiger partial charge is 0.315 e. The van der Waals surface area contributed by atoms with E-state index >= 15 is 0 Å². The molecule has 1 fully saturated rings. The molecule has 27 heavy (non-hydrogen) atoms. The molecule has 0 bridgehead atoms. The standard InChI is InChI=1S/C19H21ClN4O3/c1-2-13(9-21-18(26)16-10-22-19(27)24-16)23-17(25)15-8-12(20)7-11-5-3-4-6-14(11)15/h3-8,13,16H,2,9-10H2,1H3,(H,21,26)(H,23,25)(H2,22,24,27)/t13?,16-/m1/s1. The zero-order chi connectivity index (χ0) is 19.4. The summed E-state index contributed by atoms with van der Waals surface area (Å²) in [5.41, 5.74) is 0.495. The van der Waals surface area contributed by atoms with Gasteiger partial charge >= 0.3 is 6.03 Å². The van der Waals surface area contributed by atoms with Gasteiger partial charge in [0.05, 0.1) is 0 Å². The normalized spacial score (nSPS) is 17.1. The summed E-state index contributed by atoms with van der Waals surface area (Å²) in [5.74, 6) is -0.528. The lowest BCUT2D eigenvalue weighted by Gasteiger charge is -2.19. The molecule has 0 spiro atoms. The summed E-state index contributed by atoms with van der Waals surface area (Å²) in [6.07, 6.45) is 0.639. The van der Waals surface area contributed by atoms with Crippen LogP contribution >= 0.6 is 11.6 Å². The molecule has 0 saturated carbocycles. The van der Waals surface area contributed by atoms with E-state index in [-0.39, 0.29) is 37.0 Å². The minimum absolute atomic E-state index is 0.245. The Hall–Kier alpha value is -2.80. The van der Waals surface area contributed by atoms with Crippen molar-refractivity contribution in [1.29, 1.82) is 0 Å². The first-order chi connectivity index (χ1) is 13.0. The average molecular weight is 389 g/mol. The van der Waals surface area contributed by atoms with Crippen LogP contribution in [0.4, 0.5) is 4.79 Å². The molecule has 0 aromatic heterocycles. The summed E-state index contributed by atoms with van der Waals surface area (Å²) >= 11 is 6.15. The molecule has 8 heteroatoms. The Bertz CT molecular complexity index is 886. The van der Waals surface area contributed by atoms with E-state index in [1.807, 2.05) is 37.3 Å². The first-order valence-corrected chi connectivity index (χ1v) is 9.17. The molecular formula is C19H21ClN4O3. The number of carbonyl (C=O) groups is 3. The van der Waals surface area contributed by atoms with Crippen LogP contribution in [0.5, 0.6) is 0 Å². The van der Waals surface area contributed by atoms with Crippen molar-refractivity contribution in [1.82, 2.24) is 21.3 Å². The predicted octanol–water partition coefficient (Wildman–Crippen LogP) is 1.80. The van der Waals surface area contributed by atoms with E-state index < -0.39 is 6.04 Å². The van der Waals surface area contributed by atoms with Crippen molar-refractivity contribution in [3.8, 4) is 0 Å². The average Bonchev–Trinajstić information content (AvgIpc) is 3.10. The molecular weight excluding hydrogens is 368 g/mol. The minimum atomic E-state index is -0.595. The van der Waals surface area contributed by atoms with Crippen molar-refractivity contribution < 1.29 is 14.4 Å². The monoisotopic (exact) mass is 388 g/mol. The lowest BCUT2D eigenvalue weighted by Crippen LogP contribution is -2.48. The Kier molecular flexibility index (Phi) is 5.81. The number of nitrogens with one attached hydrogen (secondary N) is 4. The van der Waals surface area contributed by atoms with Crippen LogP contribution in [-0.4, -0.2) is 43.0 Å². The summed E-state index contributed by atoms with van der Waals surface area (Å²) < 4.78 is 0. The highest BCUT2D eigenvalue weighted by molar-refractivity contribution is 6.32. The van der Waals surface area contributed by atoms with Gasteiger partial charge in [-0.1, -0.05) is 42.8 Å². The van der Waals surface area contributed by atoms with E-state index in [9.17, 15) is 14.4 Å². The van der Waals surface area contributed by atoms with Gasteiger partial charge < -0.3 is 21.3 Å². The highest BCUT2D eigenvalue weighted by atomic mass is 35.5. The number of fused-ring (bicyclic) bond motifs is 1. The molecule has 2 atom stereocenters. The van der Waals surface area contributed by atoms with Gasteiger partial charge in [-0.05, 0) is 29.3 Å². The molecule has 7 nitrogen and oxygen atoms in total. The van der Waals surface area contributed by atoms with Gasteiger partial charge in [-0.3, -0.25) is 9.59 Å². The fourth-order valence-electron chi connectivity index (χ4n) is 2.98. The van der Waals surface area contributed by atoms with Crippen LogP contribution in [0.25, 0.3) is 10.8 Å². The lowest BCUT2D eigenvalue weighted by molar-refractivity contribution is -0.122. The zero-order valence-corrected chi connectivity index (χ0v) is 15.6. The molecule has 1 saturated heterocycles. The number of halogens is 1. The van der Waals surface area contributed by atoms with E-state index in [4.69, 9.17) is 11.6 Å². The molecule has 1 aliphatic heterocycles. The van der Waals surface area contributed by atoms with Crippen molar-refractivity contribution in [2.24, 2.45) is 0 Å². The van der Waals surface area contributed by atoms with Gasteiger partial charge in [-0.25, -0.2) is 4.79 Å². The molecule has 1 aliphatic rings. The number of carbonyl (C=O) groups excluding carboxylic acids is 3. The second-order valence-corrected chi connectivity index (χ2v) is 6.84. The third-order valence-electron chi connectivity index (χ3n) is 4.51. The Morgan fingerprint density at radius 2 is 2.07 bits per heavy atom. The minimum Gasteiger partial charge on any atom is -0.352 e. The van der Waals surface area contributed by atoms with Gasteiger partial charge in [-0.2, -0.15) is 0 Å². The van der Waals surface area contributed by atoms with Crippen LogP contribution < -0.4 is 21.3 Å². The first-order valence-electron chi connectivity index (χ1n) is 8.79. The highest BCUT2D eigenvalue weighted by Crippen LogP contribution is 2.24. The number of benzene rings is 2. The molecule has 2 aromatic rings. The van der Waals surface area contributed by atoms with Crippen LogP contribution in [-0.2, 0) is 4.79 Å². The maximum absolute atomic E-state index is 12.8. The Balaban J connectivity index is 1.65. The zero-order valence-electron chi connectivity index (χ0n) is 14.8. The van der Waals surface area contributed by atoms with Crippen LogP contribution in [0, 0.1) is 0 Å². The number of hydrogen-bond donors (Lipinski definition) is 4. The van der Waals surface area contributed by atoms with E-state index in [1.54, 1.807) is 6.07 Å². The van der Waals surface area contributed by atoms with Gasteiger partial charge in [-0.15, -0.1) is 0 Å². The summed E-state index contributed by atoms with van der Waals surface area (Å²) in [6.45, 7) is 2.44. The molecule has 1 heterocycles. The van der Waals surface area contributed by atoms with E-state index in [1.165, 1.54) is 0 Å². The van der Waals surface area contributed by atoms with Crippen LogP contribution in [0.3, 0.4) is 0 Å². The molecule has 2 aromatic carbocycles. The van der Waals surface area contributed by atoms with Gasteiger partial charge in [0.15, 0.2) is 0 Å². The third-order valence-corrected chi connectivity index (χ3v) is 4.73. The summed E-state index contributed by atoms with van der Waals surface area (Å²) in [5, 5.41) is 13.0. The van der Waals surface area contributed by atoms with Gasteiger partial charge in [0.25, 0.3) is 5.91 Å².